The predicted octanol–water partition coefficient (Wildman–Crippen LogP) is 1.15. The van der Waals surface area contributed by atoms with Gasteiger partial charge in [-0.15, -0.1) is 0 Å². The lowest BCUT2D eigenvalue weighted by Crippen LogP contribution is -2.42. The summed E-state index contributed by atoms with van der Waals surface area (Å²) in [5.41, 5.74) is 0. The van der Waals surface area contributed by atoms with Crippen LogP contribution >= 0.6 is 0 Å². The van der Waals surface area contributed by atoms with E-state index in [1.54, 1.807) is 0 Å². The number of carbonyl (C=O) groups excluding carboxylic acids is 1. The summed E-state index contributed by atoms with van der Waals surface area (Å²) in [6.45, 7) is 10.7. The molecule has 0 radical (unpaired) electrons. The Morgan fingerprint density at radius 1 is 1.15 bits per heavy atom. The van der Waals surface area contributed by atoms with Gasteiger partial charge in [-0.3, -0.25) is 4.79 Å². The van der Waals surface area contributed by atoms with Crippen LogP contribution in [-0.4, -0.2) is 24.5 Å². The van der Waals surface area contributed by atoms with Gasteiger partial charge in [0, 0.05) is 12.1 Å². The van der Waals surface area contributed by atoms with E-state index in [9.17, 15) is 4.79 Å². The molecule has 0 rings (SSSR count). The van der Waals surface area contributed by atoms with Crippen LogP contribution in [0.15, 0.2) is 0 Å². The molecule has 0 fully saturated rings. The Hall–Kier alpha value is -0.570. The van der Waals surface area contributed by atoms with Crippen LogP contribution in [0.2, 0.25) is 0 Å². The molecule has 78 valence electrons. The lowest BCUT2D eigenvalue weighted by molar-refractivity contribution is -0.120. The molecule has 0 aromatic heterocycles. The third-order valence-corrected chi connectivity index (χ3v) is 2.03. The van der Waals surface area contributed by atoms with Crippen LogP contribution < -0.4 is 10.6 Å². The Labute approximate surface area is 81.3 Å². The third kappa shape index (κ3) is 6.58. The van der Waals surface area contributed by atoms with Crippen LogP contribution in [0.1, 0.15) is 34.6 Å². The fraction of sp³-hybridized carbons (Fsp3) is 0.900. The number of rotatable bonds is 5. The first kappa shape index (κ1) is 12.4. The molecule has 0 aromatic rings. The Morgan fingerprint density at radius 2 is 1.69 bits per heavy atom. The van der Waals surface area contributed by atoms with Gasteiger partial charge >= 0.3 is 0 Å². The Balaban J connectivity index is 3.58. The standard InChI is InChI=1S/C10H22N2O/c1-7(2)9(5)11-6-10(13)12-8(3)4/h7-9,11H,6H2,1-5H3,(H,12,13). The van der Waals surface area contributed by atoms with Crippen LogP contribution in [-0.2, 0) is 4.79 Å². The Bertz CT molecular complexity index is 155. The highest BCUT2D eigenvalue weighted by molar-refractivity contribution is 5.78. The minimum absolute atomic E-state index is 0.0718. The van der Waals surface area contributed by atoms with Crippen molar-refractivity contribution in [1.29, 1.82) is 0 Å². The second-order valence-electron chi connectivity index (χ2n) is 4.14. The van der Waals surface area contributed by atoms with Crippen molar-refractivity contribution in [2.24, 2.45) is 5.92 Å². The monoisotopic (exact) mass is 186 g/mol. The molecule has 0 aliphatic carbocycles. The molecule has 0 saturated heterocycles. The molecular weight excluding hydrogens is 164 g/mol. The lowest BCUT2D eigenvalue weighted by Gasteiger charge is -2.17. The highest BCUT2D eigenvalue weighted by atomic mass is 16.1. The maximum absolute atomic E-state index is 11.2. The summed E-state index contributed by atoms with van der Waals surface area (Å²) < 4.78 is 0. The van der Waals surface area contributed by atoms with E-state index in [2.05, 4.69) is 31.4 Å². The number of hydrogen-bond donors (Lipinski definition) is 2. The number of hydrogen-bond acceptors (Lipinski definition) is 2. The normalized spacial score (nSPS) is 13.5. The van der Waals surface area contributed by atoms with E-state index in [0.717, 1.165) is 0 Å². The van der Waals surface area contributed by atoms with E-state index in [1.165, 1.54) is 0 Å². The van der Waals surface area contributed by atoms with Gasteiger partial charge in [0.25, 0.3) is 0 Å². The predicted molar refractivity (Wildman–Crippen MR) is 55.6 cm³/mol. The number of carbonyl (C=O) groups is 1. The molecule has 0 aromatic carbocycles. The SMILES string of the molecule is CC(C)NC(=O)CNC(C)C(C)C. The van der Waals surface area contributed by atoms with Gasteiger partial charge in [0.1, 0.15) is 0 Å². The van der Waals surface area contributed by atoms with Crippen LogP contribution in [0.25, 0.3) is 0 Å². The maximum atomic E-state index is 11.2. The second kappa shape index (κ2) is 5.97. The molecule has 0 aliphatic heterocycles. The van der Waals surface area contributed by atoms with Gasteiger partial charge in [0.05, 0.1) is 6.54 Å². The number of amides is 1. The zero-order valence-electron chi connectivity index (χ0n) is 9.35. The molecule has 13 heavy (non-hydrogen) atoms. The summed E-state index contributed by atoms with van der Waals surface area (Å²) in [5, 5.41) is 6.01. The molecule has 0 heterocycles. The largest absolute Gasteiger partial charge is 0.353 e. The van der Waals surface area contributed by atoms with Gasteiger partial charge in [0.2, 0.25) is 5.91 Å². The van der Waals surface area contributed by atoms with E-state index in [-0.39, 0.29) is 11.9 Å². The van der Waals surface area contributed by atoms with Gasteiger partial charge < -0.3 is 10.6 Å². The summed E-state index contributed by atoms with van der Waals surface area (Å²) in [6.07, 6.45) is 0. The first-order valence-corrected chi connectivity index (χ1v) is 4.96. The first-order valence-electron chi connectivity index (χ1n) is 4.96. The van der Waals surface area contributed by atoms with Gasteiger partial charge in [-0.2, -0.15) is 0 Å². The van der Waals surface area contributed by atoms with E-state index in [4.69, 9.17) is 0 Å². The van der Waals surface area contributed by atoms with E-state index in [0.29, 0.717) is 18.5 Å². The highest BCUT2D eigenvalue weighted by Crippen LogP contribution is 1.98. The van der Waals surface area contributed by atoms with Crippen molar-refractivity contribution in [1.82, 2.24) is 10.6 Å². The molecule has 0 bridgehead atoms. The van der Waals surface area contributed by atoms with Crippen LogP contribution in [0.3, 0.4) is 0 Å². The highest BCUT2D eigenvalue weighted by Gasteiger charge is 2.08. The van der Waals surface area contributed by atoms with Crippen molar-refractivity contribution >= 4 is 5.91 Å². The van der Waals surface area contributed by atoms with Gasteiger partial charge in [-0.05, 0) is 26.7 Å². The van der Waals surface area contributed by atoms with Gasteiger partial charge in [-0.1, -0.05) is 13.8 Å². The molecule has 1 atom stereocenters. The average Bonchev–Trinajstić information content (AvgIpc) is 1.98. The summed E-state index contributed by atoms with van der Waals surface area (Å²) >= 11 is 0. The minimum Gasteiger partial charge on any atom is -0.353 e. The fourth-order valence-corrected chi connectivity index (χ4v) is 0.862. The zero-order valence-corrected chi connectivity index (χ0v) is 9.35. The number of nitrogens with one attached hydrogen (secondary N) is 2. The molecule has 0 spiro atoms. The molecule has 1 amide bonds. The van der Waals surface area contributed by atoms with Gasteiger partial charge in [0.15, 0.2) is 0 Å². The molecule has 0 saturated carbocycles. The Morgan fingerprint density at radius 3 is 2.08 bits per heavy atom. The van der Waals surface area contributed by atoms with E-state index >= 15 is 0 Å². The lowest BCUT2D eigenvalue weighted by atomic mass is 10.1. The van der Waals surface area contributed by atoms with Crippen LogP contribution in [0, 0.1) is 5.92 Å². The zero-order chi connectivity index (χ0) is 10.4. The summed E-state index contributed by atoms with van der Waals surface area (Å²) in [4.78, 5) is 11.2. The minimum atomic E-state index is 0.0718. The molecule has 0 aliphatic rings. The molecule has 3 heteroatoms. The van der Waals surface area contributed by atoms with Crippen molar-refractivity contribution in [3.05, 3.63) is 0 Å². The van der Waals surface area contributed by atoms with Crippen molar-refractivity contribution in [3.8, 4) is 0 Å². The first-order chi connectivity index (χ1) is 5.93. The molecule has 3 nitrogen and oxygen atoms in total. The molecule has 1 unspecified atom stereocenters. The fourth-order valence-electron chi connectivity index (χ4n) is 0.862. The van der Waals surface area contributed by atoms with Crippen molar-refractivity contribution in [2.45, 2.75) is 46.7 Å². The maximum Gasteiger partial charge on any atom is 0.234 e. The van der Waals surface area contributed by atoms with Crippen LogP contribution in [0.5, 0.6) is 0 Å². The summed E-state index contributed by atoms with van der Waals surface area (Å²) in [6, 6.07) is 0.613. The van der Waals surface area contributed by atoms with Gasteiger partial charge in [-0.25, -0.2) is 0 Å². The quantitative estimate of drug-likeness (QED) is 0.676. The van der Waals surface area contributed by atoms with Crippen molar-refractivity contribution in [3.63, 3.8) is 0 Å². The molecule has 2 N–H and O–H groups in total. The average molecular weight is 186 g/mol. The topological polar surface area (TPSA) is 41.1 Å². The second-order valence-corrected chi connectivity index (χ2v) is 4.14. The third-order valence-electron chi connectivity index (χ3n) is 2.03. The smallest absolute Gasteiger partial charge is 0.234 e. The Kier molecular flexibility index (Phi) is 5.71. The van der Waals surface area contributed by atoms with E-state index in [1.807, 2.05) is 13.8 Å². The molecular formula is C10H22N2O. The summed E-state index contributed by atoms with van der Waals surface area (Å²) in [5.74, 6) is 0.634. The van der Waals surface area contributed by atoms with Crippen LogP contribution in [0.4, 0.5) is 0 Å². The van der Waals surface area contributed by atoms with Crippen molar-refractivity contribution in [2.75, 3.05) is 6.54 Å². The summed E-state index contributed by atoms with van der Waals surface area (Å²) in [7, 11) is 0. The van der Waals surface area contributed by atoms with E-state index < -0.39 is 0 Å². The van der Waals surface area contributed by atoms with Crippen molar-refractivity contribution < 1.29 is 4.79 Å².